The van der Waals surface area contributed by atoms with Crippen LogP contribution in [-0.2, 0) is 14.4 Å². The van der Waals surface area contributed by atoms with Crippen LogP contribution in [0, 0.1) is 12.3 Å². The SMILES string of the molecule is Cc1ccc(N2C(=O)[C@@H]3ON(c4ccccc4)[C@H](c4ccccc4)[C@]3(C)C2=O)cc1. The van der Waals surface area contributed by atoms with E-state index in [1.54, 1.807) is 5.06 Å². The standard InChI is InChI=1S/C25H22N2O3/c1-17-13-15-19(16-14-17)26-23(28)22-25(2,24(26)29)21(18-9-5-3-6-10-18)27(30-22)20-11-7-4-8-12-20/h3-16,21-22H,1-2H3/t21-,22+,25+/m1/s1. The van der Waals surface area contributed by atoms with Gasteiger partial charge in [0.1, 0.15) is 5.41 Å². The lowest BCUT2D eigenvalue weighted by Gasteiger charge is -2.32. The average molecular weight is 398 g/mol. The number of benzene rings is 3. The van der Waals surface area contributed by atoms with Crippen LogP contribution < -0.4 is 9.96 Å². The van der Waals surface area contributed by atoms with E-state index in [0.29, 0.717) is 5.69 Å². The van der Waals surface area contributed by atoms with Crippen LogP contribution in [-0.4, -0.2) is 17.9 Å². The Morgan fingerprint density at radius 2 is 1.40 bits per heavy atom. The van der Waals surface area contributed by atoms with E-state index in [0.717, 1.165) is 16.8 Å². The summed E-state index contributed by atoms with van der Waals surface area (Å²) >= 11 is 0. The number of anilines is 2. The second kappa shape index (κ2) is 6.82. The van der Waals surface area contributed by atoms with Crippen molar-refractivity contribution in [3.8, 4) is 0 Å². The van der Waals surface area contributed by atoms with Crippen LogP contribution in [0.5, 0.6) is 0 Å². The van der Waals surface area contributed by atoms with E-state index < -0.39 is 17.6 Å². The van der Waals surface area contributed by atoms with E-state index in [4.69, 9.17) is 4.84 Å². The molecule has 0 saturated carbocycles. The number of nitrogens with zero attached hydrogens (tertiary/aromatic N) is 2. The maximum atomic E-state index is 13.8. The summed E-state index contributed by atoms with van der Waals surface area (Å²) in [7, 11) is 0. The second-order valence-corrected chi connectivity index (χ2v) is 8.06. The normalized spacial score (nSPS) is 25.7. The number of amides is 2. The number of hydrogen-bond acceptors (Lipinski definition) is 4. The molecule has 0 radical (unpaired) electrons. The van der Waals surface area contributed by atoms with Gasteiger partial charge >= 0.3 is 0 Å². The van der Waals surface area contributed by atoms with E-state index in [1.807, 2.05) is 98.8 Å². The Hall–Kier alpha value is -3.44. The van der Waals surface area contributed by atoms with Gasteiger partial charge in [0.2, 0.25) is 5.91 Å². The van der Waals surface area contributed by atoms with Gasteiger partial charge in [-0.15, -0.1) is 0 Å². The topological polar surface area (TPSA) is 49.9 Å². The molecule has 30 heavy (non-hydrogen) atoms. The van der Waals surface area contributed by atoms with Crippen molar-refractivity contribution >= 4 is 23.2 Å². The van der Waals surface area contributed by atoms with Gasteiger partial charge in [-0.2, -0.15) is 0 Å². The van der Waals surface area contributed by atoms with Crippen molar-refractivity contribution in [2.24, 2.45) is 5.41 Å². The number of carbonyl (C=O) groups excluding carboxylic acids is 2. The maximum Gasteiger partial charge on any atom is 0.266 e. The Bertz CT molecular complexity index is 1100. The van der Waals surface area contributed by atoms with Gasteiger partial charge in [-0.3, -0.25) is 14.4 Å². The fourth-order valence-corrected chi connectivity index (χ4v) is 4.50. The number of hydroxylamine groups is 1. The van der Waals surface area contributed by atoms with E-state index in [-0.39, 0.29) is 11.8 Å². The van der Waals surface area contributed by atoms with Crippen molar-refractivity contribution in [3.05, 3.63) is 96.1 Å². The molecule has 2 aliphatic rings. The average Bonchev–Trinajstić information content (AvgIpc) is 3.19. The Kier molecular flexibility index (Phi) is 4.22. The molecule has 5 heteroatoms. The zero-order valence-electron chi connectivity index (χ0n) is 16.9. The van der Waals surface area contributed by atoms with Gasteiger partial charge in [0, 0.05) is 0 Å². The Morgan fingerprint density at radius 1 is 0.800 bits per heavy atom. The van der Waals surface area contributed by atoms with Crippen molar-refractivity contribution in [2.45, 2.75) is 26.0 Å². The van der Waals surface area contributed by atoms with Crippen LogP contribution in [0.1, 0.15) is 24.1 Å². The number of fused-ring (bicyclic) bond motifs is 1. The number of imide groups is 1. The van der Waals surface area contributed by atoms with Gasteiger partial charge in [-0.1, -0.05) is 66.2 Å². The number of carbonyl (C=O) groups is 2. The summed E-state index contributed by atoms with van der Waals surface area (Å²) in [6, 6.07) is 26.4. The van der Waals surface area contributed by atoms with E-state index in [9.17, 15) is 9.59 Å². The van der Waals surface area contributed by atoms with Crippen molar-refractivity contribution in [1.29, 1.82) is 0 Å². The molecule has 2 heterocycles. The molecule has 3 atom stereocenters. The van der Waals surface area contributed by atoms with Crippen LogP contribution in [0.25, 0.3) is 0 Å². The fourth-order valence-electron chi connectivity index (χ4n) is 4.50. The molecule has 5 nitrogen and oxygen atoms in total. The third-order valence-electron chi connectivity index (χ3n) is 6.09. The van der Waals surface area contributed by atoms with E-state index in [1.165, 1.54) is 4.90 Å². The van der Waals surface area contributed by atoms with E-state index >= 15 is 0 Å². The summed E-state index contributed by atoms with van der Waals surface area (Å²) in [5.74, 6) is -0.570. The molecule has 150 valence electrons. The summed E-state index contributed by atoms with van der Waals surface area (Å²) < 4.78 is 0. The minimum absolute atomic E-state index is 0.242. The predicted octanol–water partition coefficient (Wildman–Crippen LogP) is 4.44. The molecule has 0 aromatic heterocycles. The highest BCUT2D eigenvalue weighted by molar-refractivity contribution is 6.25. The maximum absolute atomic E-state index is 13.8. The van der Waals surface area contributed by atoms with Crippen LogP contribution in [0.3, 0.4) is 0 Å². The second-order valence-electron chi connectivity index (χ2n) is 8.06. The number of rotatable bonds is 3. The molecule has 2 fully saturated rings. The minimum Gasteiger partial charge on any atom is -0.273 e. The van der Waals surface area contributed by atoms with Gasteiger partial charge in [-0.05, 0) is 43.7 Å². The van der Waals surface area contributed by atoms with Crippen molar-refractivity contribution < 1.29 is 14.4 Å². The summed E-state index contributed by atoms with van der Waals surface area (Å²) in [5, 5.41) is 1.72. The van der Waals surface area contributed by atoms with Crippen molar-refractivity contribution in [2.75, 3.05) is 9.96 Å². The summed E-state index contributed by atoms with van der Waals surface area (Å²) in [6.45, 7) is 3.81. The van der Waals surface area contributed by atoms with E-state index in [2.05, 4.69) is 0 Å². The first-order valence-corrected chi connectivity index (χ1v) is 10.0. The van der Waals surface area contributed by atoms with Gasteiger partial charge in [0.25, 0.3) is 5.91 Å². The molecule has 2 aliphatic heterocycles. The summed E-state index contributed by atoms with van der Waals surface area (Å²) in [6.07, 6.45) is -0.892. The van der Waals surface area contributed by atoms with Crippen LogP contribution in [0.15, 0.2) is 84.9 Å². The fraction of sp³-hybridized carbons (Fsp3) is 0.200. The lowest BCUT2D eigenvalue weighted by Crippen LogP contribution is -2.41. The first kappa shape index (κ1) is 18.6. The zero-order valence-corrected chi connectivity index (χ0v) is 16.9. The van der Waals surface area contributed by atoms with Crippen LogP contribution in [0.2, 0.25) is 0 Å². The molecule has 2 saturated heterocycles. The molecule has 0 N–H and O–H groups in total. The number of para-hydroxylation sites is 1. The molecule has 5 rings (SSSR count). The third-order valence-corrected chi connectivity index (χ3v) is 6.09. The molecule has 3 aromatic rings. The highest BCUT2D eigenvalue weighted by Gasteiger charge is 2.68. The van der Waals surface area contributed by atoms with Crippen molar-refractivity contribution in [1.82, 2.24) is 0 Å². The Labute approximate surface area is 175 Å². The number of hydrogen-bond donors (Lipinski definition) is 0. The highest BCUT2D eigenvalue weighted by atomic mass is 16.7. The largest absolute Gasteiger partial charge is 0.273 e. The van der Waals surface area contributed by atoms with Gasteiger partial charge in [0.05, 0.1) is 17.4 Å². The zero-order chi connectivity index (χ0) is 20.9. The Balaban J connectivity index is 1.63. The highest BCUT2D eigenvalue weighted by Crippen LogP contribution is 2.55. The molecule has 0 aliphatic carbocycles. The third kappa shape index (κ3) is 2.59. The monoisotopic (exact) mass is 398 g/mol. The predicted molar refractivity (Wildman–Crippen MR) is 115 cm³/mol. The van der Waals surface area contributed by atoms with Crippen LogP contribution >= 0.6 is 0 Å². The molecule has 2 amide bonds. The number of aryl methyl sites for hydroxylation is 1. The van der Waals surface area contributed by atoms with Gasteiger partial charge in [-0.25, -0.2) is 9.96 Å². The molecule has 0 unspecified atom stereocenters. The molecular weight excluding hydrogens is 376 g/mol. The summed E-state index contributed by atoms with van der Waals surface area (Å²) in [4.78, 5) is 34.7. The van der Waals surface area contributed by atoms with Crippen molar-refractivity contribution in [3.63, 3.8) is 0 Å². The smallest absolute Gasteiger partial charge is 0.266 e. The van der Waals surface area contributed by atoms with Crippen LogP contribution in [0.4, 0.5) is 11.4 Å². The lowest BCUT2D eigenvalue weighted by atomic mass is 9.76. The molecule has 0 bridgehead atoms. The molecular formula is C25H22N2O3. The molecule has 0 spiro atoms. The minimum atomic E-state index is -1.06. The van der Waals surface area contributed by atoms with Gasteiger partial charge in [0.15, 0.2) is 6.10 Å². The first-order chi connectivity index (χ1) is 14.5. The summed E-state index contributed by atoms with van der Waals surface area (Å²) in [5.41, 5.74) is 2.33. The first-order valence-electron chi connectivity index (χ1n) is 10.0. The quantitative estimate of drug-likeness (QED) is 0.612. The Morgan fingerprint density at radius 3 is 2.03 bits per heavy atom. The van der Waals surface area contributed by atoms with Gasteiger partial charge < -0.3 is 0 Å². The molecule has 3 aromatic carbocycles. The lowest BCUT2D eigenvalue weighted by molar-refractivity contribution is -0.128.